The number of nitrogens with one attached hydrogen (secondary N) is 2. The minimum absolute atomic E-state index is 0.203. The average Bonchev–Trinajstić information content (AvgIpc) is 2.33. The number of ether oxygens (including phenoxy) is 1. The molecule has 108 valence electrons. The summed E-state index contributed by atoms with van der Waals surface area (Å²) < 4.78 is 6.41. The summed E-state index contributed by atoms with van der Waals surface area (Å²) >= 11 is 3.45. The van der Waals surface area contributed by atoms with E-state index in [0.29, 0.717) is 0 Å². The van der Waals surface area contributed by atoms with Gasteiger partial charge in [-0.3, -0.25) is 0 Å². The molecule has 0 saturated heterocycles. The minimum Gasteiger partial charge on any atom is -0.496 e. The molecule has 0 spiro atoms. The fourth-order valence-electron chi connectivity index (χ4n) is 1.76. The summed E-state index contributed by atoms with van der Waals surface area (Å²) in [6, 6.07) is 6.13. The van der Waals surface area contributed by atoms with Gasteiger partial charge in [0.05, 0.1) is 7.11 Å². The Balaban J connectivity index is 2.26. The van der Waals surface area contributed by atoms with Crippen molar-refractivity contribution in [3.05, 3.63) is 28.2 Å². The lowest BCUT2D eigenvalue weighted by Crippen LogP contribution is -2.37. The van der Waals surface area contributed by atoms with Crippen molar-refractivity contribution in [3.8, 4) is 5.75 Å². The molecule has 0 bridgehead atoms. The Morgan fingerprint density at radius 1 is 1.21 bits per heavy atom. The Bertz CT molecular complexity index is 388. The largest absolute Gasteiger partial charge is 0.496 e. The van der Waals surface area contributed by atoms with Crippen molar-refractivity contribution in [2.45, 2.75) is 39.3 Å². The molecule has 0 atom stereocenters. The summed E-state index contributed by atoms with van der Waals surface area (Å²) in [7, 11) is 1.71. The van der Waals surface area contributed by atoms with Crippen molar-refractivity contribution in [1.29, 1.82) is 0 Å². The molecule has 0 aliphatic rings. The monoisotopic (exact) mass is 328 g/mol. The van der Waals surface area contributed by atoms with E-state index in [1.807, 2.05) is 12.1 Å². The van der Waals surface area contributed by atoms with Gasteiger partial charge in [-0.2, -0.15) is 0 Å². The van der Waals surface area contributed by atoms with Crippen molar-refractivity contribution in [3.63, 3.8) is 0 Å². The van der Waals surface area contributed by atoms with E-state index in [0.717, 1.165) is 36.3 Å². The maximum Gasteiger partial charge on any atom is 0.124 e. The molecule has 0 radical (unpaired) electrons. The number of halogens is 1. The van der Waals surface area contributed by atoms with E-state index < -0.39 is 0 Å². The summed E-state index contributed by atoms with van der Waals surface area (Å²) in [6.45, 7) is 9.44. The van der Waals surface area contributed by atoms with E-state index in [1.165, 1.54) is 5.56 Å². The first-order chi connectivity index (χ1) is 8.92. The van der Waals surface area contributed by atoms with Gasteiger partial charge in [0.15, 0.2) is 0 Å². The number of rotatable bonds is 7. The molecular formula is C15H25BrN2O. The van der Waals surface area contributed by atoms with Gasteiger partial charge >= 0.3 is 0 Å². The molecule has 0 saturated carbocycles. The summed E-state index contributed by atoms with van der Waals surface area (Å²) in [4.78, 5) is 0. The second kappa shape index (κ2) is 7.88. The van der Waals surface area contributed by atoms with E-state index in [-0.39, 0.29) is 5.54 Å². The molecule has 2 N–H and O–H groups in total. The van der Waals surface area contributed by atoms with Crippen LogP contribution < -0.4 is 15.4 Å². The fraction of sp³-hybridized carbons (Fsp3) is 0.600. The lowest BCUT2D eigenvalue weighted by molar-refractivity contribution is 0.405. The molecule has 0 fully saturated rings. The maximum absolute atomic E-state index is 5.37. The van der Waals surface area contributed by atoms with Crippen LogP contribution in [0.3, 0.4) is 0 Å². The minimum atomic E-state index is 0.203. The van der Waals surface area contributed by atoms with Crippen molar-refractivity contribution < 1.29 is 4.74 Å². The molecule has 1 rings (SSSR count). The highest BCUT2D eigenvalue weighted by atomic mass is 79.9. The summed E-state index contributed by atoms with van der Waals surface area (Å²) in [5.41, 5.74) is 1.39. The first-order valence-electron chi connectivity index (χ1n) is 6.70. The predicted molar refractivity (Wildman–Crippen MR) is 84.8 cm³/mol. The molecule has 4 heteroatoms. The third kappa shape index (κ3) is 6.95. The molecule has 0 aliphatic carbocycles. The van der Waals surface area contributed by atoms with Crippen LogP contribution in [0.1, 0.15) is 32.8 Å². The van der Waals surface area contributed by atoms with Gasteiger partial charge in [-0.15, -0.1) is 0 Å². The van der Waals surface area contributed by atoms with Crippen LogP contribution in [-0.4, -0.2) is 25.7 Å². The third-order valence-electron chi connectivity index (χ3n) is 2.75. The number of hydrogen-bond donors (Lipinski definition) is 2. The summed E-state index contributed by atoms with van der Waals surface area (Å²) in [6.07, 6.45) is 1.12. The van der Waals surface area contributed by atoms with E-state index in [2.05, 4.69) is 53.4 Å². The zero-order valence-electron chi connectivity index (χ0n) is 12.3. The van der Waals surface area contributed by atoms with Crippen LogP contribution in [0.25, 0.3) is 0 Å². The van der Waals surface area contributed by atoms with Gasteiger partial charge in [0.2, 0.25) is 0 Å². The molecule has 0 amide bonds. The fourth-order valence-corrected chi connectivity index (χ4v) is 2.10. The highest BCUT2D eigenvalue weighted by molar-refractivity contribution is 9.10. The smallest absolute Gasteiger partial charge is 0.124 e. The highest BCUT2D eigenvalue weighted by Gasteiger charge is 2.07. The molecular weight excluding hydrogens is 304 g/mol. The second-order valence-corrected chi connectivity index (χ2v) is 6.58. The predicted octanol–water partition coefficient (Wildman–Crippen LogP) is 3.33. The van der Waals surface area contributed by atoms with E-state index in [9.17, 15) is 0 Å². The first-order valence-corrected chi connectivity index (χ1v) is 7.50. The van der Waals surface area contributed by atoms with E-state index >= 15 is 0 Å². The van der Waals surface area contributed by atoms with Gasteiger partial charge in [-0.25, -0.2) is 0 Å². The van der Waals surface area contributed by atoms with Gasteiger partial charge in [-0.05, 0) is 52.4 Å². The molecule has 0 heterocycles. The van der Waals surface area contributed by atoms with Crippen LogP contribution in [0.15, 0.2) is 22.7 Å². The number of benzene rings is 1. The van der Waals surface area contributed by atoms with E-state index in [4.69, 9.17) is 4.74 Å². The molecule has 3 nitrogen and oxygen atoms in total. The number of hydrogen-bond acceptors (Lipinski definition) is 3. The Morgan fingerprint density at radius 2 is 1.95 bits per heavy atom. The molecule has 0 unspecified atom stereocenters. The van der Waals surface area contributed by atoms with Crippen LogP contribution in [0.4, 0.5) is 0 Å². The molecule has 19 heavy (non-hydrogen) atoms. The zero-order chi connectivity index (χ0) is 14.3. The Morgan fingerprint density at radius 3 is 2.58 bits per heavy atom. The summed E-state index contributed by atoms with van der Waals surface area (Å²) in [5, 5.41) is 6.93. The zero-order valence-corrected chi connectivity index (χ0v) is 13.9. The topological polar surface area (TPSA) is 33.3 Å². The Hall–Kier alpha value is -0.580. The van der Waals surface area contributed by atoms with Crippen molar-refractivity contribution in [2.24, 2.45) is 0 Å². The van der Waals surface area contributed by atoms with Crippen LogP contribution in [0, 0.1) is 0 Å². The van der Waals surface area contributed by atoms with Gasteiger partial charge in [-0.1, -0.05) is 22.0 Å². The molecule has 1 aromatic rings. The van der Waals surface area contributed by atoms with Crippen molar-refractivity contribution in [1.82, 2.24) is 10.6 Å². The average molecular weight is 329 g/mol. The SMILES string of the molecule is COc1cc(Br)ccc1CNCCCNC(C)(C)C. The van der Waals surface area contributed by atoms with Crippen LogP contribution in [0.5, 0.6) is 5.75 Å². The normalized spacial score (nSPS) is 11.6. The molecule has 0 aliphatic heterocycles. The van der Waals surface area contributed by atoms with Crippen LogP contribution >= 0.6 is 15.9 Å². The Kier molecular flexibility index (Phi) is 6.83. The highest BCUT2D eigenvalue weighted by Crippen LogP contribution is 2.23. The van der Waals surface area contributed by atoms with Crippen molar-refractivity contribution >= 4 is 15.9 Å². The number of methoxy groups -OCH3 is 1. The quantitative estimate of drug-likeness (QED) is 0.753. The second-order valence-electron chi connectivity index (χ2n) is 5.66. The van der Waals surface area contributed by atoms with Crippen LogP contribution in [0.2, 0.25) is 0 Å². The first kappa shape index (κ1) is 16.5. The van der Waals surface area contributed by atoms with Gasteiger partial charge < -0.3 is 15.4 Å². The van der Waals surface area contributed by atoms with Gasteiger partial charge in [0.1, 0.15) is 5.75 Å². The Labute approximate surface area is 125 Å². The van der Waals surface area contributed by atoms with Crippen molar-refractivity contribution in [2.75, 3.05) is 20.2 Å². The lowest BCUT2D eigenvalue weighted by Gasteiger charge is -2.20. The van der Waals surface area contributed by atoms with Gasteiger partial charge in [0.25, 0.3) is 0 Å². The maximum atomic E-state index is 5.37. The van der Waals surface area contributed by atoms with E-state index in [1.54, 1.807) is 7.11 Å². The molecule has 1 aromatic carbocycles. The standard InChI is InChI=1S/C15H25BrN2O/c1-15(2,3)18-9-5-8-17-11-12-6-7-13(16)10-14(12)19-4/h6-7,10,17-18H,5,8-9,11H2,1-4H3. The van der Waals surface area contributed by atoms with Crippen LogP contribution in [-0.2, 0) is 6.54 Å². The summed E-state index contributed by atoms with van der Waals surface area (Å²) in [5.74, 6) is 0.926. The van der Waals surface area contributed by atoms with Gasteiger partial charge in [0, 0.05) is 22.1 Å². The lowest BCUT2D eigenvalue weighted by atomic mass is 10.1. The molecule has 0 aromatic heterocycles. The third-order valence-corrected chi connectivity index (χ3v) is 3.24.